The van der Waals surface area contributed by atoms with Crippen LogP contribution in [0.5, 0.6) is 0 Å². The van der Waals surface area contributed by atoms with Crippen molar-refractivity contribution in [2.45, 2.75) is 38.5 Å². The fourth-order valence-electron chi connectivity index (χ4n) is 4.56. The van der Waals surface area contributed by atoms with Crippen molar-refractivity contribution in [3.8, 4) is 0 Å². The maximum absolute atomic E-state index is 14.6. The van der Waals surface area contributed by atoms with E-state index in [1.165, 1.54) is 29.5 Å². The highest BCUT2D eigenvalue weighted by molar-refractivity contribution is 7.11. The summed E-state index contributed by atoms with van der Waals surface area (Å²) in [5.41, 5.74) is 1.30. The third-order valence-electron chi connectivity index (χ3n) is 6.41. The summed E-state index contributed by atoms with van der Waals surface area (Å²) in [4.78, 5) is 35.0. The monoisotopic (exact) mass is 583 g/mol. The SMILES string of the molecule is CCOC(=O)C1=C(CN2CC(F)CC2CN(C)CC)NC(c2nccs2)=N[C@H]1c1ccc(F)cc1Cl.O=CO. The Kier molecular flexibility index (Phi) is 11.3. The molecular formula is C26H32ClF2N5O4S. The highest BCUT2D eigenvalue weighted by atomic mass is 35.5. The highest BCUT2D eigenvalue weighted by Crippen LogP contribution is 2.37. The van der Waals surface area contributed by atoms with Crippen LogP contribution in [0.15, 0.2) is 46.0 Å². The number of carbonyl (C=O) groups is 2. The minimum atomic E-state index is -0.954. The molecule has 1 aromatic heterocycles. The predicted octanol–water partition coefficient (Wildman–Crippen LogP) is 3.91. The van der Waals surface area contributed by atoms with Crippen molar-refractivity contribution in [3.63, 3.8) is 0 Å². The number of esters is 1. The van der Waals surface area contributed by atoms with Gasteiger partial charge in [-0.2, -0.15) is 0 Å². The molecule has 2 aliphatic rings. The molecule has 212 valence electrons. The molecule has 2 N–H and O–H groups in total. The lowest BCUT2D eigenvalue weighted by Crippen LogP contribution is -2.44. The first-order valence-electron chi connectivity index (χ1n) is 12.5. The smallest absolute Gasteiger partial charge is 0.338 e. The number of nitrogens with zero attached hydrogens (tertiary/aromatic N) is 4. The van der Waals surface area contributed by atoms with E-state index in [0.717, 1.165) is 6.54 Å². The van der Waals surface area contributed by atoms with Gasteiger partial charge >= 0.3 is 5.97 Å². The second-order valence-corrected chi connectivity index (χ2v) is 10.3. The normalized spacial score (nSPS) is 21.2. The van der Waals surface area contributed by atoms with E-state index in [1.54, 1.807) is 13.1 Å². The van der Waals surface area contributed by atoms with Crippen molar-refractivity contribution in [2.24, 2.45) is 4.99 Å². The van der Waals surface area contributed by atoms with Gasteiger partial charge in [0, 0.05) is 53.5 Å². The number of hydrogen-bond acceptors (Lipinski definition) is 9. The van der Waals surface area contributed by atoms with Crippen molar-refractivity contribution in [1.82, 2.24) is 20.1 Å². The average molecular weight is 584 g/mol. The van der Waals surface area contributed by atoms with Crippen molar-refractivity contribution < 1.29 is 28.2 Å². The number of alkyl halides is 1. The number of nitrogens with one attached hydrogen (secondary N) is 1. The molecule has 0 aliphatic carbocycles. The Morgan fingerprint density at radius 1 is 1.41 bits per heavy atom. The minimum Gasteiger partial charge on any atom is -0.483 e. The number of likely N-dealkylation sites (N-methyl/N-ethyl adjacent to an activating group) is 1. The van der Waals surface area contributed by atoms with Gasteiger partial charge in [0.15, 0.2) is 10.8 Å². The first-order valence-corrected chi connectivity index (χ1v) is 13.7. The van der Waals surface area contributed by atoms with Crippen molar-refractivity contribution in [1.29, 1.82) is 0 Å². The van der Waals surface area contributed by atoms with Crippen LogP contribution in [-0.2, 0) is 14.3 Å². The Morgan fingerprint density at radius 3 is 2.77 bits per heavy atom. The molecule has 3 atom stereocenters. The van der Waals surface area contributed by atoms with Crippen LogP contribution < -0.4 is 5.32 Å². The molecule has 0 radical (unpaired) electrons. The molecule has 39 heavy (non-hydrogen) atoms. The molecule has 2 aliphatic heterocycles. The molecule has 0 saturated carbocycles. The number of carbonyl (C=O) groups excluding carboxylic acids is 1. The molecule has 0 bridgehead atoms. The summed E-state index contributed by atoms with van der Waals surface area (Å²) in [5, 5.41) is 12.8. The standard InChI is InChI=1S/C25H30ClF2N5O2S.CH2O2/c1-4-32(3)13-17-10-16(28)12-33(17)14-20-21(25(34)35-5-2)22(18-7-6-15(27)11-19(18)26)31-23(30-20)24-29-8-9-36-24;2-1-3/h6-9,11,16-17,22H,4-5,10,12-14H2,1-3H3,(H,30,31);1H,(H,2,3)/t16?,17?,22-;/m0./s1. The van der Waals surface area contributed by atoms with Crippen LogP contribution in [0.25, 0.3) is 0 Å². The van der Waals surface area contributed by atoms with E-state index >= 15 is 0 Å². The van der Waals surface area contributed by atoms with Crippen LogP contribution in [0.1, 0.15) is 36.9 Å². The zero-order valence-electron chi connectivity index (χ0n) is 21.9. The van der Waals surface area contributed by atoms with Crippen molar-refractivity contribution >= 4 is 41.2 Å². The number of hydrogen-bond donors (Lipinski definition) is 2. The third kappa shape index (κ3) is 7.81. The van der Waals surface area contributed by atoms with Gasteiger partial charge in [-0.05, 0) is 39.1 Å². The van der Waals surface area contributed by atoms with Crippen LogP contribution >= 0.6 is 22.9 Å². The zero-order chi connectivity index (χ0) is 28.5. The lowest BCUT2D eigenvalue weighted by Gasteiger charge is -2.32. The number of amidine groups is 1. The summed E-state index contributed by atoms with van der Waals surface area (Å²) in [6.45, 7) is 5.81. The number of ether oxygens (including phenoxy) is 1. The van der Waals surface area contributed by atoms with E-state index in [1.807, 2.05) is 17.3 Å². The molecule has 13 heteroatoms. The fourth-order valence-corrected chi connectivity index (χ4v) is 5.42. The Morgan fingerprint density at radius 2 is 2.15 bits per heavy atom. The van der Waals surface area contributed by atoms with Gasteiger partial charge in [-0.15, -0.1) is 11.3 Å². The molecular weight excluding hydrogens is 552 g/mol. The molecule has 2 unspecified atom stereocenters. The molecule has 3 heterocycles. The van der Waals surface area contributed by atoms with Gasteiger partial charge in [-0.25, -0.2) is 18.6 Å². The van der Waals surface area contributed by atoms with Crippen LogP contribution in [0.3, 0.4) is 0 Å². The molecule has 0 spiro atoms. The first-order chi connectivity index (χ1) is 18.7. The zero-order valence-corrected chi connectivity index (χ0v) is 23.5. The summed E-state index contributed by atoms with van der Waals surface area (Å²) >= 11 is 7.83. The largest absolute Gasteiger partial charge is 0.483 e. The topological polar surface area (TPSA) is 107 Å². The van der Waals surface area contributed by atoms with Crippen LogP contribution in [-0.4, -0.2) is 90.2 Å². The van der Waals surface area contributed by atoms with E-state index in [0.29, 0.717) is 35.1 Å². The van der Waals surface area contributed by atoms with Gasteiger partial charge in [0.05, 0.1) is 12.2 Å². The van der Waals surface area contributed by atoms with E-state index in [9.17, 15) is 13.6 Å². The lowest BCUT2D eigenvalue weighted by molar-refractivity contribution is -0.139. The van der Waals surface area contributed by atoms with Crippen molar-refractivity contribution in [3.05, 3.63) is 62.5 Å². The summed E-state index contributed by atoms with van der Waals surface area (Å²) in [5.74, 6) is -0.570. The van der Waals surface area contributed by atoms with Crippen LogP contribution in [0.2, 0.25) is 5.02 Å². The van der Waals surface area contributed by atoms with Gasteiger partial charge in [0.25, 0.3) is 6.47 Å². The number of aromatic nitrogens is 1. The quantitative estimate of drug-likeness (QED) is 0.338. The van der Waals surface area contributed by atoms with Crippen LogP contribution in [0.4, 0.5) is 8.78 Å². The number of aliphatic imine (C=N–C) groups is 1. The Bertz CT molecular complexity index is 1200. The number of halogens is 3. The summed E-state index contributed by atoms with van der Waals surface area (Å²) < 4.78 is 33.8. The van der Waals surface area contributed by atoms with Crippen LogP contribution in [0, 0.1) is 5.82 Å². The van der Waals surface area contributed by atoms with Gasteiger partial charge in [0.2, 0.25) is 0 Å². The number of benzene rings is 1. The molecule has 0 amide bonds. The van der Waals surface area contributed by atoms with Gasteiger partial charge in [-0.1, -0.05) is 24.6 Å². The molecule has 4 rings (SSSR count). The van der Waals surface area contributed by atoms with E-state index in [-0.39, 0.29) is 42.8 Å². The minimum absolute atomic E-state index is 0.0160. The molecule has 1 aromatic carbocycles. The molecule has 9 nitrogen and oxygen atoms in total. The van der Waals surface area contributed by atoms with Gasteiger partial charge in [0.1, 0.15) is 18.0 Å². The number of carboxylic acid groups (broad SMARTS) is 1. The average Bonchev–Trinajstić information content (AvgIpc) is 3.54. The first kappa shape index (κ1) is 30.6. The Balaban J connectivity index is 0.00000134. The number of rotatable bonds is 9. The molecule has 1 fully saturated rings. The molecule has 2 aromatic rings. The summed E-state index contributed by atoms with van der Waals surface area (Å²) in [7, 11) is 2.01. The maximum atomic E-state index is 14.6. The van der Waals surface area contributed by atoms with E-state index in [4.69, 9.17) is 31.2 Å². The second kappa shape index (κ2) is 14.5. The van der Waals surface area contributed by atoms with E-state index in [2.05, 4.69) is 22.1 Å². The van der Waals surface area contributed by atoms with Crippen molar-refractivity contribution in [2.75, 3.05) is 39.8 Å². The summed E-state index contributed by atoms with van der Waals surface area (Å²) in [6.07, 6.45) is 1.14. The predicted molar refractivity (Wildman–Crippen MR) is 146 cm³/mol. The third-order valence-corrected chi connectivity index (χ3v) is 7.52. The van der Waals surface area contributed by atoms with Gasteiger partial charge < -0.3 is 20.1 Å². The maximum Gasteiger partial charge on any atom is 0.338 e. The Labute approximate surface area is 235 Å². The fraction of sp³-hybridized carbons (Fsp3) is 0.462. The second-order valence-electron chi connectivity index (χ2n) is 9.00. The van der Waals surface area contributed by atoms with E-state index < -0.39 is 24.0 Å². The number of likely N-dealkylation sites (tertiary alicyclic amines) is 1. The number of thiazole rings is 1. The summed E-state index contributed by atoms with van der Waals surface area (Å²) in [6, 6.07) is 3.16. The molecule has 1 saturated heterocycles. The van der Waals surface area contributed by atoms with Gasteiger partial charge in [-0.3, -0.25) is 14.7 Å². The Hall–Kier alpha value is -2.93. The lowest BCUT2D eigenvalue weighted by atomic mass is 9.95. The highest BCUT2D eigenvalue weighted by Gasteiger charge is 2.38.